The normalized spacial score (nSPS) is 8.42. The summed E-state index contributed by atoms with van der Waals surface area (Å²) in [4.78, 5) is 0. The van der Waals surface area contributed by atoms with Crippen LogP contribution in [-0.2, 0) is 0 Å². The van der Waals surface area contributed by atoms with Crippen LogP contribution in [-0.4, -0.2) is 0 Å². The Morgan fingerprint density at radius 3 is 0.731 bits per heavy atom. The van der Waals surface area contributed by atoms with Crippen LogP contribution in [0.4, 0.5) is 0 Å². The van der Waals surface area contributed by atoms with Crippen molar-refractivity contribution in [1.29, 1.82) is 0 Å². The van der Waals surface area contributed by atoms with Gasteiger partial charge in [-0.1, -0.05) is 168 Å². The summed E-state index contributed by atoms with van der Waals surface area (Å²) < 4.78 is 0. The predicted molar refractivity (Wildman–Crippen MR) is 135 cm³/mol. The zero-order valence-electron chi connectivity index (χ0n) is 22.6. The van der Waals surface area contributed by atoms with E-state index in [-0.39, 0.29) is 0 Å². The van der Waals surface area contributed by atoms with Crippen LogP contribution in [0.2, 0.25) is 0 Å². The second-order valence-corrected chi connectivity index (χ2v) is 6.90. The molecule has 0 aliphatic rings. The molecule has 0 rings (SSSR count). The minimum atomic E-state index is 0.954. The number of hydrogen-bond acceptors (Lipinski definition) is 0. The molecule has 0 aliphatic carbocycles. The Balaban J connectivity index is -0.0000000346. The van der Waals surface area contributed by atoms with E-state index in [2.05, 4.69) is 104 Å². The van der Waals surface area contributed by atoms with Gasteiger partial charge in [-0.3, -0.25) is 0 Å². The highest BCUT2D eigenvalue weighted by molar-refractivity contribution is 4.47. The lowest BCUT2D eigenvalue weighted by atomic mass is 10.0. The molecule has 0 aliphatic heterocycles. The molecule has 1 unspecified atom stereocenters. The van der Waals surface area contributed by atoms with Crippen molar-refractivity contribution in [3.63, 3.8) is 0 Å². The van der Waals surface area contributed by atoms with Gasteiger partial charge in [0.05, 0.1) is 0 Å². The van der Waals surface area contributed by atoms with Gasteiger partial charge in [0.1, 0.15) is 0 Å². The van der Waals surface area contributed by atoms with E-state index in [0.29, 0.717) is 0 Å². The summed E-state index contributed by atoms with van der Waals surface area (Å²) in [5, 5.41) is 0. The Morgan fingerprint density at radius 2 is 0.615 bits per heavy atom. The maximum absolute atomic E-state index is 2.33. The second-order valence-electron chi connectivity index (χ2n) is 6.90. The van der Waals surface area contributed by atoms with Crippen molar-refractivity contribution in [1.82, 2.24) is 0 Å². The standard InChI is InChI=1S/C8H18.6C3H8/c1-4-6-7-8(3)5-2;6*1-3-2/h8H,4-7H2,1-3H3;6*3H2,1-2H3. The van der Waals surface area contributed by atoms with E-state index in [9.17, 15) is 0 Å². The molecular weight excluding hydrogens is 312 g/mol. The fraction of sp³-hybridized carbons (Fsp3) is 1.00. The fourth-order valence-corrected chi connectivity index (χ4v) is 0.757. The zero-order chi connectivity index (χ0) is 22.6. The summed E-state index contributed by atoms with van der Waals surface area (Å²) in [6.07, 6.45) is 13.0. The van der Waals surface area contributed by atoms with E-state index in [1.165, 1.54) is 64.2 Å². The van der Waals surface area contributed by atoms with Gasteiger partial charge < -0.3 is 0 Å². The molecule has 0 spiro atoms. The Labute approximate surface area is 174 Å². The maximum atomic E-state index is 2.33. The molecular formula is C26H66. The molecule has 0 bridgehead atoms. The SMILES string of the molecule is CCC.CCC.CCC.CCC.CCC.CCC.CCCCC(C)CC. The van der Waals surface area contributed by atoms with Crippen LogP contribution in [0.15, 0.2) is 0 Å². The van der Waals surface area contributed by atoms with Gasteiger partial charge in [0, 0.05) is 0 Å². The summed E-state index contributed by atoms with van der Waals surface area (Å²) >= 11 is 0. The average molecular weight is 379 g/mol. The van der Waals surface area contributed by atoms with E-state index in [4.69, 9.17) is 0 Å². The quantitative estimate of drug-likeness (QED) is 0.456. The van der Waals surface area contributed by atoms with Crippen LogP contribution in [0.5, 0.6) is 0 Å². The molecule has 0 fully saturated rings. The summed E-state index contributed by atoms with van der Waals surface area (Å²) in [7, 11) is 0. The third-order valence-electron chi connectivity index (χ3n) is 1.75. The van der Waals surface area contributed by atoms with Crippen molar-refractivity contribution in [2.45, 2.75) is 168 Å². The topological polar surface area (TPSA) is 0 Å². The fourth-order valence-electron chi connectivity index (χ4n) is 0.757. The van der Waals surface area contributed by atoms with Crippen LogP contribution >= 0.6 is 0 Å². The van der Waals surface area contributed by atoms with E-state index in [0.717, 1.165) is 5.92 Å². The Morgan fingerprint density at radius 1 is 0.423 bits per heavy atom. The van der Waals surface area contributed by atoms with Crippen LogP contribution < -0.4 is 0 Å². The van der Waals surface area contributed by atoms with E-state index in [1.807, 2.05) is 0 Å². The third-order valence-corrected chi connectivity index (χ3v) is 1.75. The predicted octanol–water partition coefficient (Wildman–Crippen LogP) is 11.7. The van der Waals surface area contributed by atoms with Gasteiger partial charge in [-0.05, 0) is 5.92 Å². The van der Waals surface area contributed by atoms with E-state index in [1.54, 1.807) is 0 Å². The van der Waals surface area contributed by atoms with Crippen LogP contribution in [0.3, 0.4) is 0 Å². The van der Waals surface area contributed by atoms with Gasteiger partial charge >= 0.3 is 0 Å². The number of hydrogen-bond donors (Lipinski definition) is 0. The monoisotopic (exact) mass is 379 g/mol. The highest BCUT2D eigenvalue weighted by Crippen LogP contribution is 2.09. The Hall–Kier alpha value is 0. The molecule has 1 atom stereocenters. The molecule has 0 aromatic carbocycles. The van der Waals surface area contributed by atoms with Crippen molar-refractivity contribution in [3.05, 3.63) is 0 Å². The average Bonchev–Trinajstić information content (AvgIpc) is 2.57. The molecule has 0 heterocycles. The maximum Gasteiger partial charge on any atom is -0.0445 e. The molecule has 0 saturated carbocycles. The first-order chi connectivity index (χ1) is 12.3. The molecule has 0 aromatic heterocycles. The highest BCUT2D eigenvalue weighted by Gasteiger charge is 1.94. The van der Waals surface area contributed by atoms with Gasteiger partial charge in [-0.25, -0.2) is 0 Å². The minimum absolute atomic E-state index is 0.954. The molecule has 0 amide bonds. The highest BCUT2D eigenvalue weighted by atomic mass is 14.0. The molecule has 0 saturated heterocycles. The van der Waals surface area contributed by atoms with Crippen molar-refractivity contribution in [3.8, 4) is 0 Å². The molecule has 170 valence electrons. The lowest BCUT2D eigenvalue weighted by molar-refractivity contribution is 0.492. The summed E-state index contributed by atoms with van der Waals surface area (Å²) in [5.41, 5.74) is 0. The van der Waals surface area contributed by atoms with Gasteiger partial charge in [0.25, 0.3) is 0 Å². The number of rotatable bonds is 4. The van der Waals surface area contributed by atoms with E-state index < -0.39 is 0 Å². The largest absolute Gasteiger partial charge is 0.0656 e. The Bertz CT molecular complexity index is 80.7. The lowest BCUT2D eigenvalue weighted by Crippen LogP contribution is -1.89. The lowest BCUT2D eigenvalue weighted by Gasteiger charge is -2.04. The zero-order valence-corrected chi connectivity index (χ0v) is 22.6. The van der Waals surface area contributed by atoms with Crippen molar-refractivity contribution < 1.29 is 0 Å². The van der Waals surface area contributed by atoms with Crippen molar-refractivity contribution in [2.75, 3.05) is 0 Å². The van der Waals surface area contributed by atoms with Gasteiger partial charge in [-0.2, -0.15) is 0 Å². The van der Waals surface area contributed by atoms with Crippen LogP contribution in [0.25, 0.3) is 0 Å². The first-order valence-corrected chi connectivity index (χ1v) is 12.3. The van der Waals surface area contributed by atoms with Crippen LogP contribution in [0, 0.1) is 5.92 Å². The third kappa shape index (κ3) is 353. The molecule has 26 heavy (non-hydrogen) atoms. The van der Waals surface area contributed by atoms with Gasteiger partial charge in [-0.15, -0.1) is 0 Å². The minimum Gasteiger partial charge on any atom is -0.0656 e. The van der Waals surface area contributed by atoms with Crippen molar-refractivity contribution >= 4 is 0 Å². The van der Waals surface area contributed by atoms with Crippen molar-refractivity contribution in [2.24, 2.45) is 5.92 Å². The molecule has 0 nitrogen and oxygen atoms in total. The van der Waals surface area contributed by atoms with Gasteiger partial charge in [0.15, 0.2) is 0 Å². The number of unbranched alkanes of at least 4 members (excludes halogenated alkanes) is 1. The van der Waals surface area contributed by atoms with E-state index >= 15 is 0 Å². The smallest absolute Gasteiger partial charge is 0.0445 e. The van der Waals surface area contributed by atoms with Crippen LogP contribution in [0.1, 0.15) is 168 Å². The first kappa shape index (κ1) is 45.0. The van der Waals surface area contributed by atoms with Gasteiger partial charge in [0.2, 0.25) is 0 Å². The second kappa shape index (κ2) is 85.2. The molecule has 0 heteroatoms. The first-order valence-electron chi connectivity index (χ1n) is 12.3. The summed E-state index contributed by atoms with van der Waals surface area (Å²) in [6.45, 7) is 32.3. The Kier molecular flexibility index (Phi) is 148. The summed E-state index contributed by atoms with van der Waals surface area (Å²) in [5.74, 6) is 0.954. The molecule has 0 aromatic rings. The molecule has 0 radical (unpaired) electrons. The molecule has 0 N–H and O–H groups in total. The summed E-state index contributed by atoms with van der Waals surface area (Å²) in [6, 6.07) is 0.